The maximum Gasteiger partial charge on any atom is 0.0844 e. The van der Waals surface area contributed by atoms with Gasteiger partial charge in [0.1, 0.15) is 0 Å². The first-order valence-corrected chi connectivity index (χ1v) is 11.1. The van der Waals surface area contributed by atoms with Crippen LogP contribution < -0.4 is 5.32 Å². The van der Waals surface area contributed by atoms with Crippen molar-refractivity contribution in [2.75, 3.05) is 6.61 Å². The quantitative estimate of drug-likeness (QED) is 0.591. The lowest BCUT2D eigenvalue weighted by Gasteiger charge is -2.34. The fourth-order valence-corrected chi connectivity index (χ4v) is 4.49. The van der Waals surface area contributed by atoms with Gasteiger partial charge in [0.05, 0.1) is 20.7 Å². The van der Waals surface area contributed by atoms with Gasteiger partial charge in [0.25, 0.3) is 0 Å². The van der Waals surface area contributed by atoms with Crippen LogP contribution in [0, 0.1) is 5.92 Å². The molecule has 2 N–H and O–H groups in total. The van der Waals surface area contributed by atoms with Crippen LogP contribution in [0.15, 0.2) is 47.8 Å². The Morgan fingerprint density at radius 2 is 1.81 bits per heavy atom. The summed E-state index contributed by atoms with van der Waals surface area (Å²) in [5, 5.41) is 14.7. The highest BCUT2D eigenvalue weighted by atomic mass is 28.3. The van der Waals surface area contributed by atoms with E-state index in [1.54, 1.807) is 0 Å². The van der Waals surface area contributed by atoms with Crippen molar-refractivity contribution in [1.82, 2.24) is 5.32 Å². The van der Waals surface area contributed by atoms with Crippen molar-refractivity contribution in [3.63, 3.8) is 0 Å². The van der Waals surface area contributed by atoms with Crippen LogP contribution in [-0.4, -0.2) is 25.8 Å². The molecule has 0 spiro atoms. The zero-order valence-electron chi connectivity index (χ0n) is 14.0. The third-order valence-electron chi connectivity index (χ3n) is 3.74. The second-order valence-corrected chi connectivity index (χ2v) is 11.9. The standard InChI is InChI=1S/C18H29NOSi/c1-7-17(21(4,5)6)18(14(2)3)19-16(13-20)15-11-9-8-10-12-15/h8-12,14,16,18-20H,1,13H2,2-6H3/t16-,18-/m0/s1. The first-order valence-electron chi connectivity index (χ1n) is 7.63. The lowest BCUT2D eigenvalue weighted by molar-refractivity contribution is 0.229. The Morgan fingerprint density at radius 3 is 2.19 bits per heavy atom. The summed E-state index contributed by atoms with van der Waals surface area (Å²) in [4.78, 5) is 0. The molecular formula is C18H29NOSi. The third-order valence-corrected chi connectivity index (χ3v) is 5.85. The predicted molar refractivity (Wildman–Crippen MR) is 94.0 cm³/mol. The molecule has 3 heteroatoms. The van der Waals surface area contributed by atoms with Crippen LogP contribution in [0.1, 0.15) is 25.5 Å². The Labute approximate surface area is 130 Å². The molecular weight excluding hydrogens is 274 g/mol. The van der Waals surface area contributed by atoms with Crippen molar-refractivity contribution in [3.8, 4) is 0 Å². The number of aliphatic hydroxyl groups excluding tert-OH is 1. The van der Waals surface area contributed by atoms with Gasteiger partial charge in [0.2, 0.25) is 0 Å². The molecule has 116 valence electrons. The maximum atomic E-state index is 9.77. The number of aliphatic hydroxyl groups is 1. The SMILES string of the molecule is C=C=C([C@@H](N[C@@H](CO)c1ccccc1)C(C)C)[Si](C)(C)C. The largest absolute Gasteiger partial charge is 0.394 e. The second kappa shape index (κ2) is 7.76. The van der Waals surface area contributed by atoms with Crippen molar-refractivity contribution in [2.45, 2.75) is 45.6 Å². The van der Waals surface area contributed by atoms with Crippen LogP contribution >= 0.6 is 0 Å². The monoisotopic (exact) mass is 303 g/mol. The minimum atomic E-state index is -1.49. The van der Waals surface area contributed by atoms with E-state index in [4.69, 9.17) is 0 Å². The molecule has 0 radical (unpaired) electrons. The van der Waals surface area contributed by atoms with E-state index >= 15 is 0 Å². The van der Waals surface area contributed by atoms with Gasteiger partial charge in [-0.15, -0.1) is 5.73 Å². The van der Waals surface area contributed by atoms with E-state index in [9.17, 15) is 5.11 Å². The third kappa shape index (κ3) is 4.97. The molecule has 1 aromatic rings. The van der Waals surface area contributed by atoms with Gasteiger partial charge in [-0.05, 0) is 16.7 Å². The second-order valence-electron chi connectivity index (χ2n) is 6.87. The van der Waals surface area contributed by atoms with Gasteiger partial charge in [-0.3, -0.25) is 0 Å². The molecule has 0 heterocycles. The first-order chi connectivity index (χ1) is 9.81. The number of benzene rings is 1. The van der Waals surface area contributed by atoms with Crippen molar-refractivity contribution in [1.29, 1.82) is 0 Å². The molecule has 0 aromatic heterocycles. The van der Waals surface area contributed by atoms with E-state index in [2.05, 4.69) is 63.2 Å². The molecule has 2 atom stereocenters. The lowest BCUT2D eigenvalue weighted by Crippen LogP contribution is -2.45. The van der Waals surface area contributed by atoms with E-state index in [1.165, 1.54) is 5.20 Å². The molecule has 1 rings (SSSR count). The van der Waals surface area contributed by atoms with E-state index in [0.717, 1.165) is 5.56 Å². The van der Waals surface area contributed by atoms with Gasteiger partial charge in [-0.1, -0.05) is 70.4 Å². The highest BCUT2D eigenvalue weighted by Gasteiger charge is 2.30. The Hall–Kier alpha value is -1.12. The molecule has 2 nitrogen and oxygen atoms in total. The number of rotatable bonds is 7. The Morgan fingerprint density at radius 1 is 1.24 bits per heavy atom. The molecule has 0 saturated carbocycles. The van der Waals surface area contributed by atoms with Gasteiger partial charge in [0, 0.05) is 6.04 Å². The highest BCUT2D eigenvalue weighted by molar-refractivity contribution is 6.83. The Balaban J connectivity index is 3.05. The van der Waals surface area contributed by atoms with E-state index < -0.39 is 8.07 Å². The highest BCUT2D eigenvalue weighted by Crippen LogP contribution is 2.25. The predicted octanol–water partition coefficient (Wildman–Crippen LogP) is 3.92. The number of nitrogens with one attached hydrogen (secondary N) is 1. The van der Waals surface area contributed by atoms with Crippen LogP contribution in [0.4, 0.5) is 0 Å². The van der Waals surface area contributed by atoms with Crippen LogP contribution in [0.5, 0.6) is 0 Å². The molecule has 0 bridgehead atoms. The fraction of sp³-hybridized carbons (Fsp3) is 0.500. The molecule has 0 saturated heterocycles. The molecule has 21 heavy (non-hydrogen) atoms. The normalized spacial score (nSPS) is 14.6. The molecule has 0 aliphatic heterocycles. The van der Waals surface area contributed by atoms with Crippen molar-refractivity contribution in [3.05, 3.63) is 53.4 Å². The van der Waals surface area contributed by atoms with Crippen LogP contribution in [0.2, 0.25) is 19.6 Å². The summed E-state index contributed by atoms with van der Waals surface area (Å²) in [7, 11) is -1.49. The Bertz CT molecular complexity index is 484. The minimum absolute atomic E-state index is 0.0571. The first kappa shape index (κ1) is 17.9. The summed E-state index contributed by atoms with van der Waals surface area (Å²) in [6.45, 7) is 15.3. The fourth-order valence-electron chi connectivity index (χ4n) is 2.61. The number of hydrogen-bond donors (Lipinski definition) is 2. The zero-order valence-corrected chi connectivity index (χ0v) is 15.0. The summed E-state index contributed by atoms with van der Waals surface area (Å²) in [5.41, 5.74) is 4.30. The molecule has 0 fully saturated rings. The molecule has 0 unspecified atom stereocenters. The molecule has 1 aromatic carbocycles. The minimum Gasteiger partial charge on any atom is -0.394 e. The van der Waals surface area contributed by atoms with Crippen molar-refractivity contribution in [2.24, 2.45) is 5.92 Å². The van der Waals surface area contributed by atoms with E-state index in [0.29, 0.717) is 5.92 Å². The van der Waals surface area contributed by atoms with Gasteiger partial charge in [0.15, 0.2) is 0 Å². The number of hydrogen-bond acceptors (Lipinski definition) is 2. The van der Waals surface area contributed by atoms with Crippen LogP contribution in [-0.2, 0) is 0 Å². The lowest BCUT2D eigenvalue weighted by atomic mass is 10.00. The maximum absolute atomic E-state index is 9.77. The van der Waals surface area contributed by atoms with E-state index in [-0.39, 0.29) is 18.7 Å². The van der Waals surface area contributed by atoms with Gasteiger partial charge in [-0.25, -0.2) is 0 Å². The molecule has 0 amide bonds. The molecule has 0 aliphatic carbocycles. The average Bonchev–Trinajstić information content (AvgIpc) is 2.42. The van der Waals surface area contributed by atoms with Gasteiger partial charge < -0.3 is 10.4 Å². The summed E-state index contributed by atoms with van der Waals surface area (Å²) in [5.74, 6) is 0.429. The Kier molecular flexibility index (Phi) is 6.63. The van der Waals surface area contributed by atoms with E-state index in [1.807, 2.05) is 18.2 Å². The van der Waals surface area contributed by atoms with Crippen molar-refractivity contribution < 1.29 is 5.11 Å². The van der Waals surface area contributed by atoms with Crippen LogP contribution in [0.25, 0.3) is 0 Å². The summed E-state index contributed by atoms with van der Waals surface area (Å²) in [6.07, 6.45) is 0. The summed E-state index contributed by atoms with van der Waals surface area (Å²) < 4.78 is 0. The van der Waals surface area contributed by atoms with Crippen molar-refractivity contribution >= 4 is 8.07 Å². The summed E-state index contributed by atoms with van der Waals surface area (Å²) in [6, 6.07) is 10.3. The van der Waals surface area contributed by atoms with Crippen LogP contribution in [0.3, 0.4) is 0 Å². The van der Waals surface area contributed by atoms with Gasteiger partial charge >= 0.3 is 0 Å². The topological polar surface area (TPSA) is 32.3 Å². The smallest absolute Gasteiger partial charge is 0.0844 e. The van der Waals surface area contributed by atoms with Gasteiger partial charge in [-0.2, -0.15) is 0 Å². The average molecular weight is 304 g/mol. The summed E-state index contributed by atoms with van der Waals surface area (Å²) >= 11 is 0. The molecule has 0 aliphatic rings. The zero-order chi connectivity index (χ0) is 16.0.